The van der Waals surface area contributed by atoms with E-state index in [4.69, 9.17) is 14.0 Å². The van der Waals surface area contributed by atoms with E-state index in [0.29, 0.717) is 40.8 Å². The van der Waals surface area contributed by atoms with E-state index < -0.39 is 29.1 Å². The number of ether oxygens (including phenoxy) is 2. The molecule has 1 aliphatic heterocycles. The van der Waals surface area contributed by atoms with Crippen LogP contribution in [0.25, 0.3) is 28.1 Å². The second-order valence-electron chi connectivity index (χ2n) is 13.3. The smallest absolute Gasteiger partial charge is 0.290 e. The number of aliphatic hydroxyl groups excluding tert-OH is 2. The summed E-state index contributed by atoms with van der Waals surface area (Å²) in [6.45, 7) is 9.94. The largest absolute Gasteiger partial charge is 0.504 e. The number of hydrogen-bond donors (Lipinski definition) is 5. The summed E-state index contributed by atoms with van der Waals surface area (Å²) in [5.41, 5.74) is 2.07. The summed E-state index contributed by atoms with van der Waals surface area (Å²) in [6.07, 6.45) is 0. The Morgan fingerprint density at radius 2 is 1.48 bits per heavy atom. The number of benzene rings is 4. The van der Waals surface area contributed by atoms with E-state index in [9.17, 15) is 25.3 Å². The molecule has 0 saturated heterocycles. The molecule has 5 aromatic rings. The summed E-state index contributed by atoms with van der Waals surface area (Å²) in [5, 5.41) is 52.1. The number of carbonyl (C=O) groups excluding carboxylic acids is 1. The first-order valence-corrected chi connectivity index (χ1v) is 17.2. The summed E-state index contributed by atoms with van der Waals surface area (Å²) in [7, 11) is 0. The van der Waals surface area contributed by atoms with Crippen molar-refractivity contribution in [2.24, 2.45) is 5.92 Å². The number of anilines is 1. The number of fused-ring (bicyclic) bond motifs is 1. The van der Waals surface area contributed by atoms with Gasteiger partial charge in [0.1, 0.15) is 30.4 Å². The Bertz CT molecular complexity index is 2090. The van der Waals surface area contributed by atoms with Crippen molar-refractivity contribution in [3.8, 4) is 33.9 Å². The van der Waals surface area contributed by atoms with Crippen LogP contribution in [0.5, 0.6) is 11.5 Å². The lowest BCUT2D eigenvalue weighted by molar-refractivity contribution is -0.0712. The van der Waals surface area contributed by atoms with E-state index in [1.54, 1.807) is 26.8 Å². The Morgan fingerprint density at radius 3 is 2.06 bits per heavy atom. The molecule has 5 N–H and O–H groups in total. The van der Waals surface area contributed by atoms with Crippen molar-refractivity contribution in [3.05, 3.63) is 125 Å². The number of hydroxylamine groups is 1. The number of nitrogens with one attached hydrogen (secondary N) is 1. The molecule has 0 radical (unpaired) electrons. The Hall–Kier alpha value is -5.78. The fraction of sp³-hybridized carbons (Fsp3) is 0.268. The van der Waals surface area contributed by atoms with Crippen molar-refractivity contribution in [2.75, 3.05) is 11.6 Å². The number of nitrogens with zero attached hydrogens (tertiary/aromatic N) is 2. The average Bonchev–Trinajstić information content (AvgIpc) is 3.60. The molecule has 1 unspecified atom stereocenters. The summed E-state index contributed by atoms with van der Waals surface area (Å²) in [4.78, 5) is 13.5. The van der Waals surface area contributed by atoms with Crippen LogP contribution in [0.3, 0.4) is 0 Å². The van der Waals surface area contributed by atoms with Crippen LogP contribution in [-0.4, -0.2) is 43.9 Å². The van der Waals surface area contributed by atoms with Gasteiger partial charge in [0, 0.05) is 29.7 Å². The lowest BCUT2D eigenvalue weighted by Crippen LogP contribution is -2.55. The fourth-order valence-corrected chi connectivity index (χ4v) is 6.24. The predicted molar refractivity (Wildman–Crippen MR) is 197 cm³/mol. The van der Waals surface area contributed by atoms with E-state index in [2.05, 4.69) is 10.5 Å². The topological polar surface area (TPSA) is 158 Å². The SMILES string of the molecule is CCNC(=O)c1onc(-c2cc(C(C)C)c(OCc3ccccc3)cc2OCc2ccccc2)c1-c1ccc2c(c1)C(O)=C(O)C(O)(C(C)C)N2O. The number of amides is 1. The zero-order valence-corrected chi connectivity index (χ0v) is 29.8. The maximum absolute atomic E-state index is 13.5. The van der Waals surface area contributed by atoms with E-state index in [1.807, 2.05) is 86.6 Å². The maximum atomic E-state index is 13.5. The molecule has 0 fully saturated rings. The van der Waals surface area contributed by atoms with Crippen molar-refractivity contribution in [2.45, 2.75) is 59.5 Å². The predicted octanol–water partition coefficient (Wildman–Crippen LogP) is 8.38. The summed E-state index contributed by atoms with van der Waals surface area (Å²) in [5.74, 6) is -1.69. The van der Waals surface area contributed by atoms with Crippen molar-refractivity contribution in [3.63, 3.8) is 0 Å². The van der Waals surface area contributed by atoms with Crippen molar-refractivity contribution >= 4 is 17.4 Å². The highest BCUT2D eigenvalue weighted by Crippen LogP contribution is 2.47. The molecule has 0 spiro atoms. The maximum Gasteiger partial charge on any atom is 0.290 e. The Kier molecular flexibility index (Phi) is 10.3. The van der Waals surface area contributed by atoms with Crippen molar-refractivity contribution < 1.29 is 39.3 Å². The molecule has 11 heteroatoms. The highest BCUT2D eigenvalue weighted by Gasteiger charge is 2.49. The van der Waals surface area contributed by atoms with Crippen LogP contribution in [0, 0.1) is 5.92 Å². The molecule has 0 aliphatic carbocycles. The third kappa shape index (κ3) is 6.68. The molecule has 52 heavy (non-hydrogen) atoms. The van der Waals surface area contributed by atoms with Crippen LogP contribution >= 0.6 is 0 Å². The van der Waals surface area contributed by atoms with Gasteiger partial charge < -0.3 is 34.6 Å². The third-order valence-electron chi connectivity index (χ3n) is 9.17. The van der Waals surface area contributed by atoms with E-state index in [-0.39, 0.29) is 40.8 Å². The van der Waals surface area contributed by atoms with Crippen LogP contribution in [0.15, 0.2) is 101 Å². The first kappa shape index (κ1) is 36.0. The zero-order valence-electron chi connectivity index (χ0n) is 29.8. The molecule has 0 bridgehead atoms. The summed E-state index contributed by atoms with van der Waals surface area (Å²) < 4.78 is 18.7. The first-order chi connectivity index (χ1) is 24.9. The molecule has 0 saturated carbocycles. The second-order valence-corrected chi connectivity index (χ2v) is 13.3. The zero-order chi connectivity index (χ0) is 37.2. The highest BCUT2D eigenvalue weighted by atomic mass is 16.6. The molecule has 1 amide bonds. The molecule has 270 valence electrons. The van der Waals surface area contributed by atoms with Crippen LogP contribution < -0.4 is 19.9 Å². The van der Waals surface area contributed by atoms with Crippen LogP contribution in [0.2, 0.25) is 0 Å². The van der Waals surface area contributed by atoms with Gasteiger partial charge in [0.25, 0.3) is 5.91 Å². The van der Waals surface area contributed by atoms with Gasteiger partial charge in [-0.15, -0.1) is 0 Å². The van der Waals surface area contributed by atoms with Gasteiger partial charge in [0.05, 0.1) is 11.3 Å². The number of rotatable bonds is 12. The average molecular weight is 706 g/mol. The Morgan fingerprint density at radius 1 is 0.865 bits per heavy atom. The molecule has 6 rings (SSSR count). The number of hydrogen-bond acceptors (Lipinski definition) is 10. The van der Waals surface area contributed by atoms with Gasteiger partial charge in [-0.1, -0.05) is 99.6 Å². The van der Waals surface area contributed by atoms with E-state index >= 15 is 0 Å². The lowest BCUT2D eigenvalue weighted by Gasteiger charge is -2.42. The van der Waals surface area contributed by atoms with Crippen LogP contribution in [0.1, 0.15) is 73.3 Å². The van der Waals surface area contributed by atoms with Gasteiger partial charge in [-0.3, -0.25) is 10.0 Å². The van der Waals surface area contributed by atoms with Gasteiger partial charge in [-0.05, 0) is 53.3 Å². The Balaban J connectivity index is 1.54. The minimum absolute atomic E-state index is 0.00922. The lowest BCUT2D eigenvalue weighted by atomic mass is 9.88. The van der Waals surface area contributed by atoms with E-state index in [1.165, 1.54) is 12.1 Å². The summed E-state index contributed by atoms with van der Waals surface area (Å²) in [6, 6.07) is 27.9. The standard InChI is InChI=1S/C41H43N3O8/c1-6-42-40(47)38-35(28-17-18-32-30(19-28)37(45)39(46)41(48,25(4)5)44(32)49)36(43-52-38)31-20-29(24(2)3)33(50-22-26-13-9-7-10-14-26)21-34(31)51-23-27-15-11-8-12-16-27/h7-21,24-25,45-46,48-49H,6,22-23H2,1-5H3,(H,42,47). The number of carbonyl (C=O) groups is 1. The molecular weight excluding hydrogens is 662 g/mol. The van der Waals surface area contributed by atoms with Crippen molar-refractivity contribution in [1.29, 1.82) is 0 Å². The van der Waals surface area contributed by atoms with Crippen LogP contribution in [0.4, 0.5) is 5.69 Å². The number of aromatic nitrogens is 1. The van der Waals surface area contributed by atoms with Gasteiger partial charge in [-0.2, -0.15) is 0 Å². The molecule has 2 heterocycles. The van der Waals surface area contributed by atoms with Crippen LogP contribution in [-0.2, 0) is 13.2 Å². The molecule has 11 nitrogen and oxygen atoms in total. The fourth-order valence-electron chi connectivity index (χ4n) is 6.24. The second kappa shape index (κ2) is 14.8. The minimum atomic E-state index is -2.27. The van der Waals surface area contributed by atoms with E-state index in [0.717, 1.165) is 16.7 Å². The molecule has 4 aromatic carbocycles. The summed E-state index contributed by atoms with van der Waals surface area (Å²) >= 11 is 0. The molecule has 1 atom stereocenters. The normalized spacial score (nSPS) is 15.6. The first-order valence-electron chi connectivity index (χ1n) is 17.2. The van der Waals surface area contributed by atoms with Gasteiger partial charge >= 0.3 is 0 Å². The molecule has 1 aliphatic rings. The van der Waals surface area contributed by atoms with Gasteiger partial charge in [0.15, 0.2) is 11.5 Å². The molecule has 1 aromatic heterocycles. The van der Waals surface area contributed by atoms with Crippen molar-refractivity contribution in [1.82, 2.24) is 10.5 Å². The number of aliphatic hydroxyl groups is 3. The minimum Gasteiger partial charge on any atom is -0.504 e. The monoisotopic (exact) mass is 705 g/mol. The Labute approximate surface area is 302 Å². The third-order valence-corrected chi connectivity index (χ3v) is 9.17. The van der Waals surface area contributed by atoms with Gasteiger partial charge in [-0.25, -0.2) is 5.06 Å². The quantitative estimate of drug-likeness (QED) is 0.0854. The van der Waals surface area contributed by atoms with Gasteiger partial charge in [0.2, 0.25) is 11.5 Å². The highest BCUT2D eigenvalue weighted by molar-refractivity contribution is 6.03. The molecular formula is C41H43N3O8.